The van der Waals surface area contributed by atoms with Crippen LogP contribution in [0, 0.1) is 0 Å². The van der Waals surface area contributed by atoms with E-state index in [1.54, 1.807) is 6.07 Å². The van der Waals surface area contributed by atoms with E-state index in [1.165, 1.54) is 38.0 Å². The van der Waals surface area contributed by atoms with E-state index in [2.05, 4.69) is 10.3 Å². The largest absolute Gasteiger partial charge is 0.431 e. The molecule has 0 bridgehead atoms. The number of hydrogen-bond acceptors (Lipinski definition) is 6. The molecule has 1 aromatic heterocycles. The Labute approximate surface area is 157 Å². The van der Waals surface area contributed by atoms with Crippen LogP contribution in [0.5, 0.6) is 0 Å². The number of hydrogen-bond donors (Lipinski definition) is 1. The van der Waals surface area contributed by atoms with Crippen LogP contribution < -0.4 is 5.32 Å². The summed E-state index contributed by atoms with van der Waals surface area (Å²) in [5.74, 6) is -0.0277. The molecule has 1 aromatic carbocycles. The number of thioether (sulfide) groups is 1. The summed E-state index contributed by atoms with van der Waals surface area (Å²) in [6.07, 6.45) is 4.40. The Morgan fingerprint density at radius 3 is 2.69 bits per heavy atom. The molecule has 1 N–H and O–H groups in total. The van der Waals surface area contributed by atoms with Gasteiger partial charge in [0.15, 0.2) is 5.58 Å². The average molecular weight is 398 g/mol. The molecule has 0 radical (unpaired) electrons. The van der Waals surface area contributed by atoms with E-state index < -0.39 is 10.0 Å². The second-order valence-electron chi connectivity index (χ2n) is 6.65. The highest BCUT2D eigenvalue weighted by molar-refractivity contribution is 8.00. The fourth-order valence-electron chi connectivity index (χ4n) is 2.90. The van der Waals surface area contributed by atoms with Crippen LogP contribution in [0.25, 0.3) is 11.1 Å². The molecule has 0 saturated heterocycles. The van der Waals surface area contributed by atoms with E-state index in [1.807, 2.05) is 6.92 Å². The molecule has 0 unspecified atom stereocenters. The van der Waals surface area contributed by atoms with Gasteiger partial charge in [0.1, 0.15) is 5.52 Å². The lowest BCUT2D eigenvalue weighted by atomic mass is 10.2. The normalized spacial score (nSPS) is 17.1. The summed E-state index contributed by atoms with van der Waals surface area (Å²) in [5.41, 5.74) is 0.951. The van der Waals surface area contributed by atoms with Gasteiger partial charge >= 0.3 is 0 Å². The lowest BCUT2D eigenvalue weighted by Gasteiger charge is -2.15. The van der Waals surface area contributed by atoms with Crippen molar-refractivity contribution >= 4 is 38.8 Å². The molecular formula is C17H23N3O4S2. The van der Waals surface area contributed by atoms with Gasteiger partial charge in [-0.05, 0) is 38.0 Å². The van der Waals surface area contributed by atoms with Crippen LogP contribution >= 0.6 is 11.8 Å². The lowest BCUT2D eigenvalue weighted by Crippen LogP contribution is -2.37. The third-order valence-corrected chi connectivity index (χ3v) is 7.22. The molecule has 2 aromatic rings. The summed E-state index contributed by atoms with van der Waals surface area (Å²) in [4.78, 5) is 16.8. The fourth-order valence-corrected chi connectivity index (χ4v) is 4.59. The molecule has 1 aliphatic carbocycles. The SMILES string of the molecule is C[C@@H](Sc1nc2cc(S(=O)(=O)N(C)C)ccc2o1)C(=O)NC1CCCC1. The molecule has 1 amide bonds. The number of nitrogens with one attached hydrogen (secondary N) is 1. The Balaban J connectivity index is 1.73. The van der Waals surface area contributed by atoms with E-state index in [0.29, 0.717) is 16.3 Å². The van der Waals surface area contributed by atoms with Crippen LogP contribution in [-0.4, -0.2) is 49.0 Å². The average Bonchev–Trinajstić information content (AvgIpc) is 3.22. The van der Waals surface area contributed by atoms with Crippen molar-refractivity contribution in [2.24, 2.45) is 0 Å². The Morgan fingerprint density at radius 1 is 1.35 bits per heavy atom. The highest BCUT2D eigenvalue weighted by Gasteiger charge is 2.23. The van der Waals surface area contributed by atoms with Crippen molar-refractivity contribution in [3.63, 3.8) is 0 Å². The molecule has 1 atom stereocenters. The van der Waals surface area contributed by atoms with Crippen molar-refractivity contribution in [2.45, 2.75) is 54.0 Å². The van der Waals surface area contributed by atoms with E-state index in [0.717, 1.165) is 30.0 Å². The number of amides is 1. The minimum atomic E-state index is -3.53. The number of aromatic nitrogens is 1. The predicted molar refractivity (Wildman–Crippen MR) is 101 cm³/mol. The van der Waals surface area contributed by atoms with Crippen LogP contribution in [0.1, 0.15) is 32.6 Å². The van der Waals surface area contributed by atoms with Crippen LogP contribution in [0.2, 0.25) is 0 Å². The van der Waals surface area contributed by atoms with Gasteiger partial charge in [0.2, 0.25) is 15.9 Å². The number of fused-ring (bicyclic) bond motifs is 1. The predicted octanol–water partition coefficient (Wildman–Crippen LogP) is 2.62. The Hall–Kier alpha value is -1.58. The molecule has 1 heterocycles. The van der Waals surface area contributed by atoms with Crippen LogP contribution in [-0.2, 0) is 14.8 Å². The standard InChI is InChI=1S/C17H23N3O4S2/c1-11(16(21)18-12-6-4-5-7-12)25-17-19-14-10-13(8-9-15(14)24-17)26(22,23)20(2)3/h8-12H,4-7H2,1-3H3,(H,18,21)/t11-/m1/s1. The number of oxazole rings is 1. The summed E-state index contributed by atoms with van der Waals surface area (Å²) in [5, 5.41) is 3.08. The van der Waals surface area contributed by atoms with Gasteiger partial charge < -0.3 is 9.73 Å². The topological polar surface area (TPSA) is 92.5 Å². The minimum absolute atomic E-state index is 0.0277. The number of nitrogens with zero attached hydrogens (tertiary/aromatic N) is 2. The number of carbonyl (C=O) groups excluding carboxylic acids is 1. The van der Waals surface area contributed by atoms with Gasteiger partial charge in [-0.2, -0.15) is 0 Å². The van der Waals surface area contributed by atoms with Gasteiger partial charge in [-0.3, -0.25) is 4.79 Å². The summed E-state index contributed by atoms with van der Waals surface area (Å²) in [7, 11) is -0.567. The number of rotatable bonds is 6. The molecule has 0 aliphatic heterocycles. The molecule has 9 heteroatoms. The Bertz CT molecular complexity index is 902. The van der Waals surface area contributed by atoms with Gasteiger partial charge in [-0.15, -0.1) is 0 Å². The van der Waals surface area contributed by atoms with Crippen LogP contribution in [0.4, 0.5) is 0 Å². The summed E-state index contributed by atoms with van der Waals surface area (Å²) in [6.45, 7) is 1.81. The molecule has 1 saturated carbocycles. The van der Waals surface area contributed by atoms with E-state index in [4.69, 9.17) is 4.42 Å². The van der Waals surface area contributed by atoms with Crippen molar-refractivity contribution < 1.29 is 17.6 Å². The molecular weight excluding hydrogens is 374 g/mol. The van der Waals surface area contributed by atoms with Crippen molar-refractivity contribution in [2.75, 3.05) is 14.1 Å². The zero-order chi connectivity index (χ0) is 18.9. The molecule has 26 heavy (non-hydrogen) atoms. The number of benzene rings is 1. The van der Waals surface area contributed by atoms with Gasteiger partial charge in [0, 0.05) is 20.1 Å². The zero-order valence-electron chi connectivity index (χ0n) is 15.1. The highest BCUT2D eigenvalue weighted by Crippen LogP contribution is 2.29. The van der Waals surface area contributed by atoms with E-state index in [-0.39, 0.29) is 22.1 Å². The molecule has 142 valence electrons. The maximum Gasteiger partial charge on any atom is 0.257 e. The number of sulfonamides is 1. The second-order valence-corrected chi connectivity index (χ2v) is 10.1. The van der Waals surface area contributed by atoms with Gasteiger partial charge in [0.25, 0.3) is 5.22 Å². The van der Waals surface area contributed by atoms with Crippen molar-refractivity contribution in [3.05, 3.63) is 18.2 Å². The highest BCUT2D eigenvalue weighted by atomic mass is 32.2. The summed E-state index contributed by atoms with van der Waals surface area (Å²) in [6, 6.07) is 4.84. The smallest absolute Gasteiger partial charge is 0.257 e. The van der Waals surface area contributed by atoms with Gasteiger partial charge in [0.05, 0.1) is 10.1 Å². The van der Waals surface area contributed by atoms with Crippen LogP contribution in [0.3, 0.4) is 0 Å². The summed E-state index contributed by atoms with van der Waals surface area (Å²) >= 11 is 1.23. The second kappa shape index (κ2) is 7.58. The zero-order valence-corrected chi connectivity index (χ0v) is 16.7. The number of carbonyl (C=O) groups is 1. The van der Waals surface area contributed by atoms with E-state index in [9.17, 15) is 13.2 Å². The fraction of sp³-hybridized carbons (Fsp3) is 0.529. The third-order valence-electron chi connectivity index (χ3n) is 4.47. The maximum absolute atomic E-state index is 12.3. The lowest BCUT2D eigenvalue weighted by molar-refractivity contribution is -0.120. The quantitative estimate of drug-likeness (QED) is 0.753. The first-order valence-electron chi connectivity index (χ1n) is 8.57. The minimum Gasteiger partial charge on any atom is -0.431 e. The Kier molecular flexibility index (Phi) is 5.59. The molecule has 1 fully saturated rings. The first kappa shape index (κ1) is 19.2. The maximum atomic E-state index is 12.3. The van der Waals surface area contributed by atoms with Crippen LogP contribution in [0.15, 0.2) is 32.7 Å². The monoisotopic (exact) mass is 397 g/mol. The first-order valence-corrected chi connectivity index (χ1v) is 10.9. The van der Waals surface area contributed by atoms with Crippen molar-refractivity contribution in [1.82, 2.24) is 14.6 Å². The summed E-state index contributed by atoms with van der Waals surface area (Å²) < 4.78 is 31.2. The third kappa shape index (κ3) is 4.05. The molecule has 0 spiro atoms. The molecule has 7 nitrogen and oxygen atoms in total. The van der Waals surface area contributed by atoms with Gasteiger partial charge in [-0.1, -0.05) is 24.6 Å². The Morgan fingerprint density at radius 2 is 2.04 bits per heavy atom. The van der Waals surface area contributed by atoms with E-state index >= 15 is 0 Å². The van der Waals surface area contributed by atoms with Crippen molar-refractivity contribution in [1.29, 1.82) is 0 Å². The van der Waals surface area contributed by atoms with Gasteiger partial charge in [-0.25, -0.2) is 17.7 Å². The molecule has 3 rings (SSSR count). The molecule has 1 aliphatic rings. The van der Waals surface area contributed by atoms with Crippen molar-refractivity contribution in [3.8, 4) is 0 Å². The first-order chi connectivity index (χ1) is 12.3.